The molecule has 0 aliphatic heterocycles. The third-order valence-electron chi connectivity index (χ3n) is 2.85. The Morgan fingerprint density at radius 2 is 2.25 bits per heavy atom. The van der Waals surface area contributed by atoms with Gasteiger partial charge in [-0.15, -0.1) is 11.8 Å². The summed E-state index contributed by atoms with van der Waals surface area (Å²) in [5.74, 6) is 1.27. The third kappa shape index (κ3) is 6.41. The standard InChI is InChI=1S/C15H23NO3S/c1-12-5-4-6-13(7-12)10-20-11-15(18)16(2)8-14(17)9-19-3/h4-7,14,17H,8-11H2,1-3H3. The van der Waals surface area contributed by atoms with Crippen LogP contribution < -0.4 is 0 Å². The summed E-state index contributed by atoms with van der Waals surface area (Å²) in [5.41, 5.74) is 2.46. The van der Waals surface area contributed by atoms with E-state index in [0.717, 1.165) is 5.75 Å². The van der Waals surface area contributed by atoms with Crippen LogP contribution in [0.4, 0.5) is 0 Å². The van der Waals surface area contributed by atoms with Crippen LogP contribution in [0, 0.1) is 6.92 Å². The lowest BCUT2D eigenvalue weighted by atomic mass is 10.2. The first-order chi connectivity index (χ1) is 9.52. The van der Waals surface area contributed by atoms with Crippen molar-refractivity contribution in [1.82, 2.24) is 4.90 Å². The lowest BCUT2D eigenvalue weighted by Gasteiger charge is -2.20. The van der Waals surface area contributed by atoms with Gasteiger partial charge in [0.1, 0.15) is 0 Å². The number of amides is 1. The largest absolute Gasteiger partial charge is 0.389 e. The van der Waals surface area contributed by atoms with Crippen molar-refractivity contribution >= 4 is 17.7 Å². The highest BCUT2D eigenvalue weighted by molar-refractivity contribution is 7.99. The zero-order valence-corrected chi connectivity index (χ0v) is 13.2. The number of carbonyl (C=O) groups is 1. The lowest BCUT2D eigenvalue weighted by molar-refractivity contribution is -0.128. The monoisotopic (exact) mass is 297 g/mol. The van der Waals surface area contributed by atoms with Gasteiger partial charge in [0.2, 0.25) is 5.91 Å². The second-order valence-corrected chi connectivity index (χ2v) is 5.85. The van der Waals surface area contributed by atoms with Gasteiger partial charge >= 0.3 is 0 Å². The molecule has 1 amide bonds. The van der Waals surface area contributed by atoms with Gasteiger partial charge in [0.25, 0.3) is 0 Å². The minimum absolute atomic E-state index is 0.0257. The molecular formula is C15H23NO3S. The summed E-state index contributed by atoms with van der Waals surface area (Å²) in [7, 11) is 3.23. The van der Waals surface area contributed by atoms with E-state index in [1.54, 1.807) is 23.7 Å². The fourth-order valence-electron chi connectivity index (χ4n) is 1.83. The molecule has 1 atom stereocenters. The minimum atomic E-state index is -0.629. The van der Waals surface area contributed by atoms with Crippen molar-refractivity contribution in [3.8, 4) is 0 Å². The second kappa shape index (κ2) is 9.00. The topological polar surface area (TPSA) is 49.8 Å². The first-order valence-electron chi connectivity index (χ1n) is 6.57. The number of benzene rings is 1. The molecule has 0 aromatic heterocycles. The Bertz CT molecular complexity index is 425. The molecule has 0 aliphatic carbocycles. The summed E-state index contributed by atoms with van der Waals surface area (Å²) in [6, 6.07) is 8.28. The molecule has 20 heavy (non-hydrogen) atoms. The van der Waals surface area contributed by atoms with E-state index >= 15 is 0 Å². The van der Waals surface area contributed by atoms with Crippen LogP contribution in [0.15, 0.2) is 24.3 Å². The van der Waals surface area contributed by atoms with Gasteiger partial charge < -0.3 is 14.7 Å². The summed E-state index contributed by atoms with van der Waals surface area (Å²) in [6.07, 6.45) is -0.629. The minimum Gasteiger partial charge on any atom is -0.389 e. The summed E-state index contributed by atoms with van der Waals surface area (Å²) < 4.78 is 4.84. The maximum Gasteiger partial charge on any atom is 0.232 e. The van der Waals surface area contributed by atoms with Gasteiger partial charge in [0.15, 0.2) is 0 Å². The summed E-state index contributed by atoms with van der Waals surface area (Å²) in [5, 5.41) is 9.58. The molecule has 0 saturated carbocycles. The molecule has 0 fully saturated rings. The molecule has 1 aromatic carbocycles. The van der Waals surface area contributed by atoms with Crippen LogP contribution in [0.1, 0.15) is 11.1 Å². The summed E-state index contributed by atoms with van der Waals surface area (Å²) in [6.45, 7) is 2.61. The smallest absolute Gasteiger partial charge is 0.232 e. The number of aryl methyl sites for hydroxylation is 1. The summed E-state index contributed by atoms with van der Waals surface area (Å²) in [4.78, 5) is 13.4. The van der Waals surface area contributed by atoms with Crippen molar-refractivity contribution in [2.45, 2.75) is 18.8 Å². The molecule has 0 saturated heterocycles. The Labute approximate surface area is 125 Å². The van der Waals surface area contributed by atoms with E-state index in [2.05, 4.69) is 25.1 Å². The van der Waals surface area contributed by atoms with Crippen LogP contribution >= 0.6 is 11.8 Å². The van der Waals surface area contributed by atoms with Crippen LogP contribution in [0.2, 0.25) is 0 Å². The average molecular weight is 297 g/mol. The molecule has 1 unspecified atom stereocenters. The van der Waals surface area contributed by atoms with Crippen molar-refractivity contribution in [2.75, 3.05) is 33.1 Å². The van der Waals surface area contributed by atoms with Crippen LogP contribution in [0.3, 0.4) is 0 Å². The van der Waals surface area contributed by atoms with Crippen molar-refractivity contribution in [3.63, 3.8) is 0 Å². The molecular weight excluding hydrogens is 274 g/mol. The van der Waals surface area contributed by atoms with E-state index in [4.69, 9.17) is 4.74 Å². The van der Waals surface area contributed by atoms with Crippen LogP contribution in [-0.2, 0) is 15.3 Å². The number of hydrogen-bond acceptors (Lipinski definition) is 4. The van der Waals surface area contributed by atoms with Gasteiger partial charge in [0.05, 0.1) is 18.5 Å². The first-order valence-corrected chi connectivity index (χ1v) is 7.72. The van der Waals surface area contributed by atoms with Gasteiger partial charge in [-0.05, 0) is 12.5 Å². The van der Waals surface area contributed by atoms with Gasteiger partial charge in [-0.25, -0.2) is 0 Å². The molecule has 0 radical (unpaired) electrons. The van der Waals surface area contributed by atoms with Gasteiger partial charge in [-0.1, -0.05) is 29.8 Å². The van der Waals surface area contributed by atoms with Crippen molar-refractivity contribution < 1.29 is 14.6 Å². The van der Waals surface area contributed by atoms with E-state index in [-0.39, 0.29) is 12.5 Å². The molecule has 1 aromatic rings. The maximum absolute atomic E-state index is 11.9. The molecule has 0 spiro atoms. The highest BCUT2D eigenvalue weighted by atomic mass is 32.2. The molecule has 0 heterocycles. The highest BCUT2D eigenvalue weighted by Gasteiger charge is 2.13. The predicted molar refractivity (Wildman–Crippen MR) is 82.9 cm³/mol. The van der Waals surface area contributed by atoms with Crippen molar-refractivity contribution in [1.29, 1.82) is 0 Å². The van der Waals surface area contributed by atoms with Crippen molar-refractivity contribution in [2.24, 2.45) is 0 Å². The number of thioether (sulfide) groups is 1. The van der Waals surface area contributed by atoms with E-state index in [0.29, 0.717) is 12.3 Å². The number of likely N-dealkylation sites (N-methyl/N-ethyl adjacent to an activating group) is 1. The fraction of sp³-hybridized carbons (Fsp3) is 0.533. The predicted octanol–water partition coefficient (Wildman–Crippen LogP) is 1.69. The Morgan fingerprint density at radius 3 is 2.90 bits per heavy atom. The first kappa shape index (κ1) is 17.0. The van der Waals surface area contributed by atoms with Crippen molar-refractivity contribution in [3.05, 3.63) is 35.4 Å². The number of carbonyl (C=O) groups excluding carboxylic acids is 1. The summed E-state index contributed by atoms with van der Waals surface area (Å²) >= 11 is 1.59. The number of aliphatic hydroxyl groups excluding tert-OH is 1. The Balaban J connectivity index is 2.28. The highest BCUT2D eigenvalue weighted by Crippen LogP contribution is 2.14. The zero-order valence-electron chi connectivity index (χ0n) is 12.3. The van der Waals surface area contributed by atoms with E-state index in [1.807, 2.05) is 6.07 Å². The Hall–Kier alpha value is -1.04. The normalized spacial score (nSPS) is 12.2. The average Bonchev–Trinajstić information content (AvgIpc) is 2.38. The van der Waals surface area contributed by atoms with E-state index < -0.39 is 6.10 Å². The fourth-order valence-corrected chi connectivity index (χ4v) is 2.74. The second-order valence-electron chi connectivity index (χ2n) is 4.87. The number of ether oxygens (including phenoxy) is 1. The molecule has 1 rings (SSSR count). The molecule has 0 bridgehead atoms. The quantitative estimate of drug-likeness (QED) is 0.793. The van der Waals surface area contributed by atoms with E-state index in [9.17, 15) is 9.90 Å². The van der Waals surface area contributed by atoms with E-state index in [1.165, 1.54) is 18.2 Å². The van der Waals surface area contributed by atoms with Crippen LogP contribution in [0.5, 0.6) is 0 Å². The number of nitrogens with zero attached hydrogens (tertiary/aromatic N) is 1. The van der Waals surface area contributed by atoms with Gasteiger partial charge in [-0.3, -0.25) is 4.79 Å². The van der Waals surface area contributed by atoms with Crippen LogP contribution in [-0.4, -0.2) is 55.1 Å². The molecule has 1 N–H and O–H groups in total. The number of aliphatic hydroxyl groups is 1. The molecule has 112 valence electrons. The molecule has 5 heteroatoms. The third-order valence-corrected chi connectivity index (χ3v) is 3.83. The van der Waals surface area contributed by atoms with Gasteiger partial charge in [0, 0.05) is 26.5 Å². The molecule has 4 nitrogen and oxygen atoms in total. The Kier molecular flexibility index (Phi) is 7.65. The number of rotatable bonds is 8. The van der Waals surface area contributed by atoms with Gasteiger partial charge in [-0.2, -0.15) is 0 Å². The molecule has 0 aliphatic rings. The lowest BCUT2D eigenvalue weighted by Crippen LogP contribution is -2.37. The Morgan fingerprint density at radius 1 is 1.50 bits per heavy atom. The number of methoxy groups -OCH3 is 1. The zero-order chi connectivity index (χ0) is 15.0. The number of hydrogen-bond donors (Lipinski definition) is 1. The van der Waals surface area contributed by atoms with Crippen LogP contribution in [0.25, 0.3) is 0 Å². The maximum atomic E-state index is 11.9. The SMILES string of the molecule is COCC(O)CN(C)C(=O)CSCc1cccc(C)c1.